The fourth-order valence-electron chi connectivity index (χ4n) is 3.60. The molecule has 0 aliphatic heterocycles. The third-order valence-electron chi connectivity index (χ3n) is 5.10. The summed E-state index contributed by atoms with van der Waals surface area (Å²) in [6, 6.07) is 16.5. The maximum Gasteiger partial charge on any atom is 0.126 e. The van der Waals surface area contributed by atoms with Crippen LogP contribution in [0.2, 0.25) is 0 Å². The lowest BCUT2D eigenvalue weighted by Gasteiger charge is -2.24. The van der Waals surface area contributed by atoms with Gasteiger partial charge in [-0.05, 0) is 61.2 Å². The molecule has 0 aliphatic rings. The first kappa shape index (κ1) is 21.3. The second-order valence-corrected chi connectivity index (χ2v) is 8.29. The van der Waals surface area contributed by atoms with Gasteiger partial charge in [0.2, 0.25) is 0 Å². The minimum Gasteiger partial charge on any atom is -0.346 e. The van der Waals surface area contributed by atoms with Gasteiger partial charge < -0.3 is 4.57 Å². The third kappa shape index (κ3) is 6.53. The van der Waals surface area contributed by atoms with Gasteiger partial charge >= 0.3 is 0 Å². The molecule has 3 rings (SSSR count). The molecule has 0 spiro atoms. The summed E-state index contributed by atoms with van der Waals surface area (Å²) < 4.78 is 29.5. The number of hydrogen-bond acceptors (Lipinski definition) is 1. The number of aryl methyl sites for hydroxylation is 1. The van der Waals surface area contributed by atoms with Crippen molar-refractivity contribution in [2.24, 2.45) is 5.92 Å². The Labute approximate surface area is 172 Å². The summed E-state index contributed by atoms with van der Waals surface area (Å²) in [6.45, 7) is 9.45. The fraction of sp³-hybridized carbons (Fsp3) is 0.360. The van der Waals surface area contributed by atoms with E-state index in [0.717, 1.165) is 32.1 Å². The van der Waals surface area contributed by atoms with Gasteiger partial charge in [-0.2, -0.15) is 0 Å². The van der Waals surface area contributed by atoms with Crippen LogP contribution in [0.4, 0.5) is 8.78 Å². The molecule has 0 bridgehead atoms. The number of aromatic nitrogens is 1. The van der Waals surface area contributed by atoms with Gasteiger partial charge in [0.15, 0.2) is 0 Å². The Morgan fingerprint density at radius 3 is 2.34 bits per heavy atom. The van der Waals surface area contributed by atoms with Crippen LogP contribution in [0.25, 0.3) is 0 Å². The molecule has 1 heterocycles. The first-order valence-electron chi connectivity index (χ1n) is 10.3. The highest BCUT2D eigenvalue weighted by Crippen LogP contribution is 2.17. The number of hydrogen-bond donors (Lipinski definition) is 0. The second kappa shape index (κ2) is 9.84. The van der Waals surface area contributed by atoms with E-state index in [-0.39, 0.29) is 0 Å². The average Bonchev–Trinajstić information content (AvgIpc) is 3.05. The van der Waals surface area contributed by atoms with Crippen LogP contribution in [0.15, 0.2) is 60.8 Å². The zero-order chi connectivity index (χ0) is 20.8. The van der Waals surface area contributed by atoms with E-state index in [9.17, 15) is 8.78 Å². The van der Waals surface area contributed by atoms with Gasteiger partial charge in [-0.15, -0.1) is 0 Å². The van der Waals surface area contributed by atoms with Crippen LogP contribution < -0.4 is 0 Å². The normalized spacial score (nSPS) is 11.6. The van der Waals surface area contributed by atoms with E-state index in [1.54, 1.807) is 0 Å². The molecule has 2 nitrogen and oxygen atoms in total. The van der Waals surface area contributed by atoms with Crippen molar-refractivity contribution in [1.82, 2.24) is 9.47 Å². The van der Waals surface area contributed by atoms with Crippen molar-refractivity contribution in [2.45, 2.75) is 46.8 Å². The smallest absolute Gasteiger partial charge is 0.126 e. The van der Waals surface area contributed by atoms with Crippen molar-refractivity contribution in [2.75, 3.05) is 6.54 Å². The van der Waals surface area contributed by atoms with Crippen molar-refractivity contribution >= 4 is 0 Å². The van der Waals surface area contributed by atoms with Gasteiger partial charge in [0.1, 0.15) is 11.6 Å². The lowest BCUT2D eigenvalue weighted by atomic mass is 10.1. The first-order valence-corrected chi connectivity index (χ1v) is 10.3. The number of rotatable bonds is 9. The molecule has 0 saturated carbocycles. The molecule has 0 saturated heterocycles. The molecular formula is C25H30F2N2. The topological polar surface area (TPSA) is 8.17 Å². The molecular weight excluding hydrogens is 366 g/mol. The highest BCUT2D eigenvalue weighted by Gasteiger charge is 2.13. The van der Waals surface area contributed by atoms with Crippen LogP contribution in [0, 0.1) is 24.5 Å². The van der Waals surface area contributed by atoms with E-state index in [0.29, 0.717) is 18.0 Å². The zero-order valence-electron chi connectivity index (χ0n) is 17.5. The van der Waals surface area contributed by atoms with Crippen molar-refractivity contribution in [3.05, 3.63) is 94.8 Å². The predicted molar refractivity (Wildman–Crippen MR) is 115 cm³/mol. The lowest BCUT2D eigenvalue weighted by Crippen LogP contribution is -2.26. The van der Waals surface area contributed by atoms with E-state index in [1.165, 1.54) is 29.0 Å². The monoisotopic (exact) mass is 396 g/mol. The average molecular weight is 397 g/mol. The Hall–Kier alpha value is -2.46. The zero-order valence-corrected chi connectivity index (χ0v) is 17.5. The third-order valence-corrected chi connectivity index (χ3v) is 5.10. The Morgan fingerprint density at radius 1 is 0.897 bits per heavy atom. The first-order chi connectivity index (χ1) is 13.9. The Bertz CT molecular complexity index is 910. The van der Waals surface area contributed by atoms with Crippen LogP contribution in [-0.2, 0) is 19.6 Å². The molecule has 154 valence electrons. The summed E-state index contributed by atoms with van der Waals surface area (Å²) in [5, 5.41) is 0. The van der Waals surface area contributed by atoms with E-state index in [4.69, 9.17) is 0 Å². The minimum absolute atomic E-state index is 0.522. The molecule has 0 amide bonds. The van der Waals surface area contributed by atoms with E-state index < -0.39 is 11.6 Å². The molecule has 0 unspecified atom stereocenters. The van der Waals surface area contributed by atoms with Crippen LogP contribution in [0.5, 0.6) is 0 Å². The lowest BCUT2D eigenvalue weighted by molar-refractivity contribution is 0.235. The Morgan fingerprint density at radius 2 is 1.66 bits per heavy atom. The van der Waals surface area contributed by atoms with Crippen LogP contribution in [0.3, 0.4) is 0 Å². The molecule has 0 N–H and O–H groups in total. The number of benzene rings is 2. The molecule has 4 heteroatoms. The summed E-state index contributed by atoms with van der Waals surface area (Å²) in [4.78, 5) is 2.27. The summed E-state index contributed by atoms with van der Waals surface area (Å²) in [5.41, 5.74) is 4.39. The second-order valence-electron chi connectivity index (χ2n) is 8.29. The van der Waals surface area contributed by atoms with Crippen LogP contribution in [-0.4, -0.2) is 16.0 Å². The van der Waals surface area contributed by atoms with Crippen LogP contribution >= 0.6 is 0 Å². The molecule has 0 fully saturated rings. The quantitative estimate of drug-likeness (QED) is 0.420. The molecule has 1 aromatic heterocycles. The van der Waals surface area contributed by atoms with E-state index in [1.807, 2.05) is 0 Å². The van der Waals surface area contributed by atoms with Crippen molar-refractivity contribution < 1.29 is 8.78 Å². The SMILES string of the molecule is Cc1cccc(Cn2cccc2CN(CCC(C)C)Cc2cc(F)cc(F)c2)c1. The molecule has 3 aromatic rings. The highest BCUT2D eigenvalue weighted by molar-refractivity contribution is 5.23. The Balaban J connectivity index is 1.76. The summed E-state index contributed by atoms with van der Waals surface area (Å²) >= 11 is 0. The molecule has 0 aliphatic carbocycles. The predicted octanol–water partition coefficient (Wildman–Crippen LogP) is 6.17. The van der Waals surface area contributed by atoms with E-state index >= 15 is 0 Å². The number of nitrogens with zero attached hydrogens (tertiary/aromatic N) is 2. The van der Waals surface area contributed by atoms with Crippen molar-refractivity contribution in [1.29, 1.82) is 0 Å². The summed E-state index contributed by atoms with van der Waals surface area (Å²) in [5.74, 6) is -0.473. The van der Waals surface area contributed by atoms with Crippen molar-refractivity contribution in [3.8, 4) is 0 Å². The van der Waals surface area contributed by atoms with Crippen LogP contribution in [0.1, 0.15) is 42.7 Å². The van der Waals surface area contributed by atoms with Gasteiger partial charge in [-0.3, -0.25) is 4.90 Å². The van der Waals surface area contributed by atoms with Gasteiger partial charge in [0.25, 0.3) is 0 Å². The minimum atomic E-state index is -0.522. The Kier molecular flexibility index (Phi) is 7.21. The maximum absolute atomic E-state index is 13.6. The largest absolute Gasteiger partial charge is 0.346 e. The van der Waals surface area contributed by atoms with Gasteiger partial charge in [-0.25, -0.2) is 8.78 Å². The standard InChI is InChI=1S/C25H30F2N2/c1-19(2)9-11-28(16-22-13-23(26)15-24(27)14-22)18-25-8-5-10-29(25)17-21-7-4-6-20(3)12-21/h4-8,10,12-15,19H,9,11,16-18H2,1-3H3. The molecule has 29 heavy (non-hydrogen) atoms. The maximum atomic E-state index is 13.6. The fourth-order valence-corrected chi connectivity index (χ4v) is 3.60. The van der Waals surface area contributed by atoms with Gasteiger partial charge in [-0.1, -0.05) is 43.7 Å². The highest BCUT2D eigenvalue weighted by atomic mass is 19.1. The van der Waals surface area contributed by atoms with E-state index in [2.05, 4.69) is 72.8 Å². The van der Waals surface area contributed by atoms with Gasteiger partial charge in [0, 0.05) is 37.6 Å². The molecule has 2 aromatic carbocycles. The molecule has 0 atom stereocenters. The summed E-state index contributed by atoms with van der Waals surface area (Å²) in [7, 11) is 0. The number of halogens is 2. The van der Waals surface area contributed by atoms with Gasteiger partial charge in [0.05, 0.1) is 0 Å². The molecule has 0 radical (unpaired) electrons. The van der Waals surface area contributed by atoms with Crippen molar-refractivity contribution in [3.63, 3.8) is 0 Å². The summed E-state index contributed by atoms with van der Waals surface area (Å²) in [6.07, 6.45) is 3.14.